The summed E-state index contributed by atoms with van der Waals surface area (Å²) in [6.07, 6.45) is 3.97. The standard InChI is InChI=1S/C7H12O3S/c1-11-6-4-2-3-5(10-6)7(8)9/h5-6H,2-4H2,1H3,(H,8,9). The number of ether oxygens (including phenoxy) is 1. The molecule has 2 atom stereocenters. The Balaban J connectivity index is 2.39. The smallest absolute Gasteiger partial charge is 0.332 e. The molecule has 1 fully saturated rings. The summed E-state index contributed by atoms with van der Waals surface area (Å²) in [4.78, 5) is 10.5. The molecule has 1 aliphatic heterocycles. The second kappa shape index (κ2) is 3.97. The molecule has 64 valence electrons. The van der Waals surface area contributed by atoms with E-state index >= 15 is 0 Å². The third-order valence-corrected chi connectivity index (χ3v) is 2.63. The average Bonchev–Trinajstić information content (AvgIpc) is 2.05. The van der Waals surface area contributed by atoms with E-state index in [-0.39, 0.29) is 5.44 Å². The highest BCUT2D eigenvalue weighted by Gasteiger charge is 2.26. The van der Waals surface area contributed by atoms with Gasteiger partial charge in [0.2, 0.25) is 0 Å². The molecule has 0 aliphatic carbocycles. The molecule has 1 heterocycles. The van der Waals surface area contributed by atoms with Crippen molar-refractivity contribution in [3.63, 3.8) is 0 Å². The van der Waals surface area contributed by atoms with Crippen LogP contribution in [-0.2, 0) is 9.53 Å². The van der Waals surface area contributed by atoms with Gasteiger partial charge in [0.15, 0.2) is 6.10 Å². The fraction of sp³-hybridized carbons (Fsp3) is 0.857. The van der Waals surface area contributed by atoms with Gasteiger partial charge >= 0.3 is 5.97 Å². The van der Waals surface area contributed by atoms with Crippen LogP contribution in [-0.4, -0.2) is 28.9 Å². The average molecular weight is 176 g/mol. The van der Waals surface area contributed by atoms with Gasteiger partial charge in [-0.05, 0) is 25.5 Å². The number of hydrogen-bond donors (Lipinski definition) is 1. The Morgan fingerprint density at radius 1 is 1.64 bits per heavy atom. The molecule has 0 radical (unpaired) electrons. The van der Waals surface area contributed by atoms with E-state index in [4.69, 9.17) is 9.84 Å². The van der Waals surface area contributed by atoms with Crippen LogP contribution in [0.2, 0.25) is 0 Å². The van der Waals surface area contributed by atoms with Crippen molar-refractivity contribution < 1.29 is 14.6 Å². The minimum absolute atomic E-state index is 0.0878. The van der Waals surface area contributed by atoms with Gasteiger partial charge in [0.25, 0.3) is 0 Å². The van der Waals surface area contributed by atoms with Crippen molar-refractivity contribution in [2.24, 2.45) is 0 Å². The molecule has 4 heteroatoms. The van der Waals surface area contributed by atoms with Gasteiger partial charge in [-0.1, -0.05) is 0 Å². The van der Waals surface area contributed by atoms with E-state index in [0.29, 0.717) is 6.42 Å². The van der Waals surface area contributed by atoms with Crippen molar-refractivity contribution in [2.75, 3.05) is 6.26 Å². The molecule has 1 aliphatic rings. The van der Waals surface area contributed by atoms with E-state index in [1.54, 1.807) is 11.8 Å². The maximum absolute atomic E-state index is 10.5. The van der Waals surface area contributed by atoms with Crippen LogP contribution in [0, 0.1) is 0 Å². The van der Waals surface area contributed by atoms with Crippen molar-refractivity contribution >= 4 is 17.7 Å². The molecule has 0 aromatic rings. The van der Waals surface area contributed by atoms with E-state index < -0.39 is 12.1 Å². The first-order chi connectivity index (χ1) is 5.24. The molecule has 0 aromatic heterocycles. The van der Waals surface area contributed by atoms with Gasteiger partial charge in [-0.15, -0.1) is 11.8 Å². The molecule has 11 heavy (non-hydrogen) atoms. The quantitative estimate of drug-likeness (QED) is 0.689. The minimum Gasteiger partial charge on any atom is -0.479 e. The highest BCUT2D eigenvalue weighted by Crippen LogP contribution is 2.25. The van der Waals surface area contributed by atoms with Crippen LogP contribution in [0.15, 0.2) is 0 Å². The van der Waals surface area contributed by atoms with Crippen LogP contribution in [0.1, 0.15) is 19.3 Å². The summed E-state index contributed by atoms with van der Waals surface area (Å²) in [5.41, 5.74) is 0.0878. The van der Waals surface area contributed by atoms with Crippen molar-refractivity contribution in [3.05, 3.63) is 0 Å². The zero-order valence-corrected chi connectivity index (χ0v) is 7.26. The molecule has 0 saturated carbocycles. The van der Waals surface area contributed by atoms with Gasteiger partial charge in [0.1, 0.15) is 5.44 Å². The number of thioether (sulfide) groups is 1. The van der Waals surface area contributed by atoms with E-state index in [2.05, 4.69) is 0 Å². The monoisotopic (exact) mass is 176 g/mol. The Kier molecular flexibility index (Phi) is 3.20. The highest BCUT2D eigenvalue weighted by molar-refractivity contribution is 7.99. The Hall–Kier alpha value is -0.220. The van der Waals surface area contributed by atoms with Gasteiger partial charge in [0, 0.05) is 0 Å². The van der Waals surface area contributed by atoms with Crippen LogP contribution >= 0.6 is 11.8 Å². The van der Waals surface area contributed by atoms with Crippen molar-refractivity contribution in [1.82, 2.24) is 0 Å². The topological polar surface area (TPSA) is 46.5 Å². The molecule has 0 aromatic carbocycles. The molecule has 2 unspecified atom stereocenters. The Morgan fingerprint density at radius 2 is 2.36 bits per heavy atom. The van der Waals surface area contributed by atoms with Crippen LogP contribution in [0.5, 0.6) is 0 Å². The summed E-state index contributed by atoms with van der Waals surface area (Å²) >= 11 is 1.58. The molecule has 0 spiro atoms. The van der Waals surface area contributed by atoms with Crippen molar-refractivity contribution in [1.29, 1.82) is 0 Å². The second-order valence-electron chi connectivity index (χ2n) is 2.56. The van der Waals surface area contributed by atoms with E-state index in [9.17, 15) is 4.79 Å². The first-order valence-electron chi connectivity index (χ1n) is 3.65. The minimum atomic E-state index is -0.830. The first kappa shape index (κ1) is 8.87. The lowest BCUT2D eigenvalue weighted by Crippen LogP contribution is -2.31. The summed E-state index contributed by atoms with van der Waals surface area (Å²) in [6.45, 7) is 0. The zero-order chi connectivity index (χ0) is 8.27. The third-order valence-electron chi connectivity index (χ3n) is 1.76. The van der Waals surface area contributed by atoms with E-state index in [0.717, 1.165) is 12.8 Å². The van der Waals surface area contributed by atoms with Gasteiger partial charge in [-0.3, -0.25) is 0 Å². The molecule has 1 rings (SSSR count). The number of hydrogen-bond acceptors (Lipinski definition) is 3. The first-order valence-corrected chi connectivity index (χ1v) is 4.94. The number of carboxylic acids is 1. The summed E-state index contributed by atoms with van der Waals surface area (Å²) in [5.74, 6) is -0.830. The molecule has 1 N–H and O–H groups in total. The summed E-state index contributed by atoms with van der Waals surface area (Å²) in [5, 5.41) is 8.62. The third kappa shape index (κ3) is 2.38. The molecule has 1 saturated heterocycles. The van der Waals surface area contributed by atoms with E-state index in [1.807, 2.05) is 6.26 Å². The lowest BCUT2D eigenvalue weighted by molar-refractivity contribution is -0.154. The molecular formula is C7H12O3S. The fourth-order valence-corrected chi connectivity index (χ4v) is 1.79. The lowest BCUT2D eigenvalue weighted by atomic mass is 10.1. The number of aliphatic carboxylic acids is 1. The number of carbonyl (C=O) groups is 1. The van der Waals surface area contributed by atoms with Gasteiger partial charge in [-0.25, -0.2) is 4.79 Å². The Morgan fingerprint density at radius 3 is 2.91 bits per heavy atom. The van der Waals surface area contributed by atoms with Crippen LogP contribution < -0.4 is 0 Å². The molecule has 0 bridgehead atoms. The number of carboxylic acid groups (broad SMARTS) is 1. The maximum Gasteiger partial charge on any atom is 0.332 e. The largest absolute Gasteiger partial charge is 0.479 e. The van der Waals surface area contributed by atoms with Crippen molar-refractivity contribution in [2.45, 2.75) is 30.8 Å². The zero-order valence-electron chi connectivity index (χ0n) is 6.45. The SMILES string of the molecule is CSC1CCCC(C(=O)O)O1. The summed E-state index contributed by atoms with van der Waals surface area (Å²) in [7, 11) is 0. The maximum atomic E-state index is 10.5. The Labute approximate surface area is 70.1 Å². The summed E-state index contributed by atoms with van der Waals surface area (Å²) in [6, 6.07) is 0. The Bertz CT molecular complexity index is 149. The van der Waals surface area contributed by atoms with Gasteiger partial charge in [-0.2, -0.15) is 0 Å². The highest BCUT2D eigenvalue weighted by atomic mass is 32.2. The predicted molar refractivity (Wildman–Crippen MR) is 43.7 cm³/mol. The van der Waals surface area contributed by atoms with Crippen LogP contribution in [0.25, 0.3) is 0 Å². The van der Waals surface area contributed by atoms with Crippen LogP contribution in [0.4, 0.5) is 0 Å². The lowest BCUT2D eigenvalue weighted by Gasteiger charge is -2.25. The molecular weight excluding hydrogens is 164 g/mol. The predicted octanol–water partition coefficient (Wildman–Crippen LogP) is 1.33. The normalized spacial score (nSPS) is 31.7. The van der Waals surface area contributed by atoms with E-state index in [1.165, 1.54) is 0 Å². The number of rotatable bonds is 2. The summed E-state index contributed by atoms with van der Waals surface area (Å²) < 4.78 is 5.26. The van der Waals surface area contributed by atoms with Gasteiger partial charge in [0.05, 0.1) is 0 Å². The second-order valence-corrected chi connectivity index (χ2v) is 3.56. The van der Waals surface area contributed by atoms with Crippen LogP contribution in [0.3, 0.4) is 0 Å². The molecule has 3 nitrogen and oxygen atoms in total. The molecule has 0 amide bonds. The fourth-order valence-electron chi connectivity index (χ4n) is 1.14. The van der Waals surface area contributed by atoms with Gasteiger partial charge < -0.3 is 9.84 Å². The van der Waals surface area contributed by atoms with Crippen molar-refractivity contribution in [3.8, 4) is 0 Å².